The number of hydrogen-bond donors (Lipinski definition) is 2. The number of carbonyl (C=O) groups excluding carboxylic acids is 1. The highest BCUT2D eigenvalue weighted by atomic mass is 35.5. The van der Waals surface area contributed by atoms with Crippen molar-refractivity contribution < 1.29 is 23.8 Å². The second-order valence-electron chi connectivity index (χ2n) is 8.10. The van der Waals surface area contributed by atoms with Crippen molar-refractivity contribution in [2.75, 3.05) is 13.7 Å². The normalized spacial score (nSPS) is 22.7. The standard InChI is InChI=1S/C21H29FN2O4.ClH/c1-24(16-3-2-4-16)20(25)19(23)14-7-5-13(6-8-14)12-28-18-10-9-15(21(26)27)11-17(18)22;/h9-11,13-14,16,19H,2-8,12,23H2,1H3,(H,26,27);1H/t13?,14?,19-;/m0./s1. The Morgan fingerprint density at radius 1 is 1.24 bits per heavy atom. The molecule has 0 unspecified atom stereocenters. The fourth-order valence-electron chi connectivity index (χ4n) is 4.06. The molecular weight excluding hydrogens is 399 g/mol. The molecule has 0 radical (unpaired) electrons. The number of hydrogen-bond acceptors (Lipinski definition) is 4. The van der Waals surface area contributed by atoms with Crippen LogP contribution >= 0.6 is 12.4 Å². The van der Waals surface area contributed by atoms with Gasteiger partial charge in [0.05, 0.1) is 18.2 Å². The molecule has 0 aliphatic heterocycles. The first-order chi connectivity index (χ1) is 13.4. The fourth-order valence-corrected chi connectivity index (χ4v) is 4.06. The topological polar surface area (TPSA) is 92.9 Å². The maximum Gasteiger partial charge on any atom is 0.335 e. The molecule has 2 saturated carbocycles. The Bertz CT molecular complexity index is 721. The molecule has 29 heavy (non-hydrogen) atoms. The van der Waals surface area contributed by atoms with Gasteiger partial charge in [-0.2, -0.15) is 0 Å². The minimum Gasteiger partial charge on any atom is -0.490 e. The minimum atomic E-state index is -1.17. The summed E-state index contributed by atoms with van der Waals surface area (Å²) in [6, 6.07) is 3.56. The lowest BCUT2D eigenvalue weighted by Crippen LogP contribution is -2.52. The van der Waals surface area contributed by atoms with Gasteiger partial charge in [0.25, 0.3) is 0 Å². The summed E-state index contributed by atoms with van der Waals surface area (Å²) in [5, 5.41) is 8.88. The lowest BCUT2D eigenvalue weighted by Gasteiger charge is -2.38. The summed E-state index contributed by atoms with van der Waals surface area (Å²) >= 11 is 0. The predicted octanol–water partition coefficient (Wildman–Crippen LogP) is 3.47. The van der Waals surface area contributed by atoms with E-state index in [1.807, 2.05) is 11.9 Å². The van der Waals surface area contributed by atoms with Crippen molar-refractivity contribution in [3.8, 4) is 5.75 Å². The first kappa shape index (κ1) is 23.4. The molecule has 0 aromatic heterocycles. The summed E-state index contributed by atoms with van der Waals surface area (Å²) in [6.45, 7) is 0.376. The number of benzene rings is 1. The number of nitrogens with two attached hydrogens (primary N) is 1. The van der Waals surface area contributed by atoms with E-state index in [1.54, 1.807) is 0 Å². The van der Waals surface area contributed by atoms with Gasteiger partial charge in [-0.05, 0) is 75.0 Å². The molecule has 0 bridgehead atoms. The van der Waals surface area contributed by atoms with Crippen LogP contribution in [0.4, 0.5) is 4.39 Å². The number of amides is 1. The Balaban J connectivity index is 0.00000300. The Labute approximate surface area is 177 Å². The lowest BCUT2D eigenvalue weighted by atomic mass is 9.78. The number of rotatable bonds is 7. The van der Waals surface area contributed by atoms with Gasteiger partial charge in [0, 0.05) is 13.1 Å². The Morgan fingerprint density at radius 2 is 1.90 bits per heavy atom. The molecule has 1 aromatic carbocycles. The van der Waals surface area contributed by atoms with Gasteiger partial charge in [-0.25, -0.2) is 9.18 Å². The van der Waals surface area contributed by atoms with Crippen molar-refractivity contribution >= 4 is 24.3 Å². The van der Waals surface area contributed by atoms with Gasteiger partial charge in [0.15, 0.2) is 11.6 Å². The van der Waals surface area contributed by atoms with Crippen LogP contribution in [0.1, 0.15) is 55.3 Å². The van der Waals surface area contributed by atoms with E-state index in [1.165, 1.54) is 18.6 Å². The van der Waals surface area contributed by atoms with Crippen molar-refractivity contribution in [3.05, 3.63) is 29.6 Å². The van der Waals surface area contributed by atoms with E-state index in [0.717, 1.165) is 44.6 Å². The zero-order valence-corrected chi connectivity index (χ0v) is 17.5. The molecule has 1 aromatic rings. The van der Waals surface area contributed by atoms with E-state index in [2.05, 4.69) is 0 Å². The van der Waals surface area contributed by atoms with Crippen LogP contribution in [-0.2, 0) is 4.79 Å². The third-order valence-corrected chi connectivity index (χ3v) is 6.31. The van der Waals surface area contributed by atoms with Gasteiger partial charge >= 0.3 is 5.97 Å². The summed E-state index contributed by atoms with van der Waals surface area (Å²) in [4.78, 5) is 25.3. The van der Waals surface area contributed by atoms with Gasteiger partial charge < -0.3 is 20.5 Å². The third-order valence-electron chi connectivity index (χ3n) is 6.31. The highest BCUT2D eigenvalue weighted by molar-refractivity contribution is 5.87. The molecule has 0 heterocycles. The number of carbonyl (C=O) groups is 2. The molecule has 6 nitrogen and oxygen atoms in total. The molecule has 3 rings (SSSR count). The highest BCUT2D eigenvalue weighted by Gasteiger charge is 2.34. The number of ether oxygens (including phenoxy) is 1. The van der Waals surface area contributed by atoms with Gasteiger partial charge in [0.2, 0.25) is 5.91 Å². The molecule has 162 valence electrons. The van der Waals surface area contributed by atoms with Gasteiger partial charge in [-0.1, -0.05) is 0 Å². The molecule has 8 heteroatoms. The summed E-state index contributed by atoms with van der Waals surface area (Å²) in [5.74, 6) is -1.26. The Kier molecular flexibility index (Phi) is 8.28. The highest BCUT2D eigenvalue weighted by Crippen LogP contribution is 2.32. The van der Waals surface area contributed by atoms with E-state index >= 15 is 0 Å². The van der Waals surface area contributed by atoms with Crippen LogP contribution in [0.3, 0.4) is 0 Å². The van der Waals surface area contributed by atoms with Crippen LogP contribution in [0.5, 0.6) is 5.75 Å². The number of carboxylic acid groups (broad SMARTS) is 1. The molecule has 1 atom stereocenters. The number of halogens is 2. The molecule has 1 amide bonds. The number of nitrogens with zero attached hydrogens (tertiary/aromatic N) is 1. The van der Waals surface area contributed by atoms with E-state index < -0.39 is 17.8 Å². The Hall–Kier alpha value is -1.86. The van der Waals surface area contributed by atoms with E-state index in [4.69, 9.17) is 15.6 Å². The summed E-state index contributed by atoms with van der Waals surface area (Å²) in [6.07, 6.45) is 6.81. The zero-order valence-electron chi connectivity index (χ0n) is 16.7. The zero-order chi connectivity index (χ0) is 20.3. The maximum atomic E-state index is 13.9. The average molecular weight is 429 g/mol. The van der Waals surface area contributed by atoms with E-state index in [-0.39, 0.29) is 41.5 Å². The van der Waals surface area contributed by atoms with Gasteiger partial charge in [-0.15, -0.1) is 12.4 Å². The second-order valence-corrected chi connectivity index (χ2v) is 8.10. The van der Waals surface area contributed by atoms with Crippen LogP contribution in [0.25, 0.3) is 0 Å². The minimum absolute atomic E-state index is 0. The van der Waals surface area contributed by atoms with Crippen molar-refractivity contribution in [2.45, 2.75) is 57.0 Å². The first-order valence-electron chi connectivity index (χ1n) is 10.0. The molecule has 0 spiro atoms. The smallest absolute Gasteiger partial charge is 0.335 e. The van der Waals surface area contributed by atoms with Crippen LogP contribution in [0.2, 0.25) is 0 Å². The Morgan fingerprint density at radius 3 is 2.41 bits per heavy atom. The third kappa shape index (κ3) is 5.60. The van der Waals surface area contributed by atoms with Crippen molar-refractivity contribution in [3.63, 3.8) is 0 Å². The van der Waals surface area contributed by atoms with E-state index in [0.29, 0.717) is 12.6 Å². The predicted molar refractivity (Wildman–Crippen MR) is 110 cm³/mol. The number of carboxylic acids is 1. The number of aromatic carboxylic acids is 1. The molecule has 2 aliphatic carbocycles. The first-order valence-corrected chi connectivity index (χ1v) is 10.0. The SMILES string of the molecule is CN(C(=O)[C@@H](N)C1CCC(COc2ccc(C(=O)O)cc2F)CC1)C1CCC1.Cl. The second kappa shape index (κ2) is 10.3. The van der Waals surface area contributed by atoms with Crippen LogP contribution in [0.15, 0.2) is 18.2 Å². The molecule has 0 saturated heterocycles. The largest absolute Gasteiger partial charge is 0.490 e. The van der Waals surface area contributed by atoms with Crippen LogP contribution < -0.4 is 10.5 Å². The summed E-state index contributed by atoms with van der Waals surface area (Å²) in [5.41, 5.74) is 6.16. The molecular formula is C21H30ClFN2O4. The van der Waals surface area contributed by atoms with Crippen LogP contribution in [0, 0.1) is 17.7 Å². The molecule has 3 N–H and O–H groups in total. The van der Waals surface area contributed by atoms with Gasteiger partial charge in [-0.3, -0.25) is 4.79 Å². The van der Waals surface area contributed by atoms with Crippen molar-refractivity contribution in [2.24, 2.45) is 17.6 Å². The maximum absolute atomic E-state index is 13.9. The van der Waals surface area contributed by atoms with Crippen molar-refractivity contribution in [1.82, 2.24) is 4.90 Å². The van der Waals surface area contributed by atoms with Crippen molar-refractivity contribution in [1.29, 1.82) is 0 Å². The lowest BCUT2D eigenvalue weighted by molar-refractivity contribution is -0.136. The monoisotopic (exact) mass is 428 g/mol. The molecule has 2 aliphatic rings. The van der Waals surface area contributed by atoms with Gasteiger partial charge in [0.1, 0.15) is 0 Å². The summed E-state index contributed by atoms with van der Waals surface area (Å²) < 4.78 is 19.5. The average Bonchev–Trinajstić information content (AvgIpc) is 2.64. The van der Waals surface area contributed by atoms with Crippen LogP contribution in [-0.4, -0.2) is 47.6 Å². The fraction of sp³-hybridized carbons (Fsp3) is 0.619. The quantitative estimate of drug-likeness (QED) is 0.693. The number of likely N-dealkylation sites (N-methyl/N-ethyl adjacent to an activating group) is 1. The van der Waals surface area contributed by atoms with E-state index in [9.17, 15) is 14.0 Å². The summed E-state index contributed by atoms with van der Waals surface area (Å²) in [7, 11) is 1.86. The molecule has 2 fully saturated rings.